The number of thiophene rings is 1. The van der Waals surface area contributed by atoms with E-state index in [1.807, 2.05) is 41.0 Å². The molecular weight excluding hydrogens is 384 g/mol. The summed E-state index contributed by atoms with van der Waals surface area (Å²) >= 11 is 2.43. The third kappa shape index (κ3) is 4.09. The van der Waals surface area contributed by atoms with Crippen LogP contribution in [0.15, 0.2) is 58.3 Å². The quantitative estimate of drug-likeness (QED) is 0.376. The van der Waals surface area contributed by atoms with Crippen LogP contribution in [0.5, 0.6) is 0 Å². The minimum absolute atomic E-state index is 0.0883. The number of primary amides is 1. The van der Waals surface area contributed by atoms with E-state index in [1.165, 1.54) is 15.9 Å². The molecule has 0 aliphatic rings. The van der Waals surface area contributed by atoms with Crippen LogP contribution in [0, 0.1) is 0 Å². The zero-order valence-electron chi connectivity index (χ0n) is 14.2. The Morgan fingerprint density at radius 1 is 1.33 bits per heavy atom. The van der Waals surface area contributed by atoms with E-state index in [2.05, 4.69) is 11.6 Å². The van der Waals surface area contributed by atoms with Gasteiger partial charge in [0, 0.05) is 17.5 Å². The van der Waals surface area contributed by atoms with Crippen LogP contribution in [0.3, 0.4) is 0 Å². The van der Waals surface area contributed by atoms with Crippen molar-refractivity contribution in [2.45, 2.75) is 11.7 Å². The summed E-state index contributed by atoms with van der Waals surface area (Å²) in [5.41, 5.74) is 6.50. The second kappa shape index (κ2) is 8.19. The number of thioether (sulfide) groups is 1. The minimum Gasteiger partial charge on any atom is -0.351 e. The van der Waals surface area contributed by atoms with Crippen LogP contribution in [0.4, 0.5) is 4.79 Å². The van der Waals surface area contributed by atoms with Crippen molar-refractivity contribution in [3.05, 3.63) is 58.7 Å². The second-order valence-corrected chi connectivity index (χ2v) is 7.30. The molecule has 0 aliphatic carbocycles. The van der Waals surface area contributed by atoms with Crippen LogP contribution >= 0.6 is 23.1 Å². The van der Waals surface area contributed by atoms with Crippen molar-refractivity contribution in [1.82, 2.24) is 14.9 Å². The van der Waals surface area contributed by atoms with Gasteiger partial charge in [-0.1, -0.05) is 48.2 Å². The van der Waals surface area contributed by atoms with Gasteiger partial charge in [-0.3, -0.25) is 19.5 Å². The zero-order valence-corrected chi connectivity index (χ0v) is 15.8. The number of nitrogens with zero attached hydrogens (tertiary/aromatic N) is 2. The molecule has 9 heteroatoms. The van der Waals surface area contributed by atoms with Crippen LogP contribution in [-0.4, -0.2) is 27.2 Å². The number of carbonyl (C=O) groups is 2. The van der Waals surface area contributed by atoms with Crippen molar-refractivity contribution >= 4 is 45.3 Å². The van der Waals surface area contributed by atoms with Gasteiger partial charge in [0.1, 0.15) is 4.83 Å². The number of hydrogen-bond acceptors (Lipinski definition) is 6. The normalized spacial score (nSPS) is 10.7. The predicted molar refractivity (Wildman–Crippen MR) is 108 cm³/mol. The Labute approximate surface area is 162 Å². The Morgan fingerprint density at radius 2 is 2.07 bits per heavy atom. The molecule has 0 bridgehead atoms. The largest absolute Gasteiger partial charge is 0.351 e. The molecule has 0 spiro atoms. The first-order valence-corrected chi connectivity index (χ1v) is 9.78. The monoisotopic (exact) mass is 400 g/mol. The Hall–Kier alpha value is -2.91. The molecule has 27 heavy (non-hydrogen) atoms. The van der Waals surface area contributed by atoms with Crippen LogP contribution in [0.25, 0.3) is 21.3 Å². The highest BCUT2D eigenvalue weighted by Gasteiger charge is 2.17. The number of carbonyl (C=O) groups excluding carboxylic acids is 2. The van der Waals surface area contributed by atoms with E-state index >= 15 is 0 Å². The number of benzene rings is 1. The standard InChI is InChI=1S/C18H16N4O3S2/c1-2-8-22-16(24)14-12(11-6-4-3-5-7-11)9-26-15(14)21-18(22)27-10-13(23)20-17(19)25/h2-7,9H,1,8,10H2,(H3,19,20,23,25). The molecule has 1 aromatic carbocycles. The highest BCUT2D eigenvalue weighted by Crippen LogP contribution is 2.32. The maximum atomic E-state index is 13.1. The molecule has 3 rings (SSSR count). The smallest absolute Gasteiger partial charge is 0.318 e. The van der Waals surface area contributed by atoms with Gasteiger partial charge in [-0.05, 0) is 5.56 Å². The molecule has 7 nitrogen and oxygen atoms in total. The predicted octanol–water partition coefficient (Wildman–Crippen LogP) is 2.60. The molecule has 0 unspecified atom stereocenters. The van der Waals surface area contributed by atoms with Crippen LogP contribution in [0.1, 0.15) is 0 Å². The topological polar surface area (TPSA) is 107 Å². The Kier molecular flexibility index (Phi) is 5.72. The number of hydrogen-bond donors (Lipinski definition) is 2. The van der Waals surface area contributed by atoms with Crippen molar-refractivity contribution < 1.29 is 9.59 Å². The summed E-state index contributed by atoms with van der Waals surface area (Å²) in [5.74, 6) is -0.641. The van der Waals surface area contributed by atoms with Gasteiger partial charge in [-0.15, -0.1) is 17.9 Å². The van der Waals surface area contributed by atoms with E-state index in [9.17, 15) is 14.4 Å². The summed E-state index contributed by atoms with van der Waals surface area (Å²) < 4.78 is 1.47. The number of imide groups is 1. The van der Waals surface area contributed by atoms with E-state index < -0.39 is 11.9 Å². The van der Waals surface area contributed by atoms with Crippen LogP contribution in [0.2, 0.25) is 0 Å². The minimum atomic E-state index is -0.918. The van der Waals surface area contributed by atoms with Crippen molar-refractivity contribution in [3.8, 4) is 11.1 Å². The zero-order chi connectivity index (χ0) is 19.4. The number of amides is 3. The van der Waals surface area contributed by atoms with Gasteiger partial charge in [-0.2, -0.15) is 0 Å². The number of aromatic nitrogens is 2. The average Bonchev–Trinajstić information content (AvgIpc) is 3.07. The lowest BCUT2D eigenvalue weighted by Crippen LogP contribution is -2.36. The molecule has 0 saturated heterocycles. The molecule has 3 N–H and O–H groups in total. The molecule has 0 saturated carbocycles. The Morgan fingerprint density at radius 3 is 2.74 bits per heavy atom. The van der Waals surface area contributed by atoms with Gasteiger partial charge >= 0.3 is 6.03 Å². The summed E-state index contributed by atoms with van der Waals surface area (Å²) in [4.78, 5) is 40.7. The number of nitrogens with one attached hydrogen (secondary N) is 1. The summed E-state index contributed by atoms with van der Waals surface area (Å²) in [6.45, 7) is 3.94. The Bertz CT molecular complexity index is 1070. The Balaban J connectivity index is 2.04. The van der Waals surface area contributed by atoms with Gasteiger partial charge in [0.25, 0.3) is 5.56 Å². The first-order chi connectivity index (χ1) is 13.0. The van der Waals surface area contributed by atoms with Crippen molar-refractivity contribution in [2.75, 3.05) is 5.75 Å². The molecule has 0 atom stereocenters. The van der Waals surface area contributed by atoms with E-state index in [0.29, 0.717) is 15.4 Å². The highest BCUT2D eigenvalue weighted by molar-refractivity contribution is 7.99. The summed E-state index contributed by atoms with van der Waals surface area (Å²) in [5, 5.41) is 4.82. The van der Waals surface area contributed by atoms with E-state index in [-0.39, 0.29) is 17.9 Å². The highest BCUT2D eigenvalue weighted by atomic mass is 32.2. The molecule has 0 aliphatic heterocycles. The number of fused-ring (bicyclic) bond motifs is 1. The number of urea groups is 1. The number of nitrogens with two attached hydrogens (primary N) is 1. The fraction of sp³-hybridized carbons (Fsp3) is 0.111. The van der Waals surface area contributed by atoms with Gasteiger partial charge in [0.05, 0.1) is 11.1 Å². The van der Waals surface area contributed by atoms with Gasteiger partial charge < -0.3 is 5.73 Å². The maximum absolute atomic E-state index is 13.1. The maximum Gasteiger partial charge on any atom is 0.318 e. The van der Waals surface area contributed by atoms with Crippen molar-refractivity contribution in [2.24, 2.45) is 5.73 Å². The van der Waals surface area contributed by atoms with Gasteiger partial charge in [0.2, 0.25) is 5.91 Å². The lowest BCUT2D eigenvalue weighted by atomic mass is 10.1. The van der Waals surface area contributed by atoms with Crippen molar-refractivity contribution in [3.63, 3.8) is 0 Å². The molecule has 2 aromatic heterocycles. The van der Waals surface area contributed by atoms with Gasteiger partial charge in [0.15, 0.2) is 5.16 Å². The van der Waals surface area contributed by atoms with Crippen LogP contribution in [-0.2, 0) is 11.3 Å². The fourth-order valence-electron chi connectivity index (χ4n) is 2.54. The summed E-state index contributed by atoms with van der Waals surface area (Å²) in [6, 6.07) is 8.70. The summed E-state index contributed by atoms with van der Waals surface area (Å²) in [6.07, 6.45) is 1.59. The van der Waals surface area contributed by atoms with E-state index in [1.54, 1.807) is 6.08 Å². The second-order valence-electron chi connectivity index (χ2n) is 5.50. The molecular formula is C18H16N4O3S2. The number of allylic oxidation sites excluding steroid dienone is 1. The first kappa shape index (κ1) is 18.9. The van der Waals surface area contributed by atoms with Gasteiger partial charge in [-0.25, -0.2) is 9.78 Å². The van der Waals surface area contributed by atoms with E-state index in [4.69, 9.17) is 5.73 Å². The lowest BCUT2D eigenvalue weighted by molar-refractivity contribution is -0.117. The van der Waals surface area contributed by atoms with Crippen molar-refractivity contribution in [1.29, 1.82) is 0 Å². The fourth-order valence-corrected chi connectivity index (χ4v) is 4.34. The molecule has 138 valence electrons. The molecule has 2 heterocycles. The summed E-state index contributed by atoms with van der Waals surface area (Å²) in [7, 11) is 0. The van der Waals surface area contributed by atoms with E-state index in [0.717, 1.165) is 22.9 Å². The molecule has 0 radical (unpaired) electrons. The first-order valence-electron chi connectivity index (χ1n) is 7.91. The third-order valence-corrected chi connectivity index (χ3v) is 5.50. The third-order valence-electron chi connectivity index (χ3n) is 3.65. The average molecular weight is 400 g/mol. The SMILES string of the molecule is C=CCn1c(SCC(=O)NC(N)=O)nc2scc(-c3ccccc3)c2c1=O. The number of rotatable bonds is 6. The molecule has 3 amide bonds. The lowest BCUT2D eigenvalue weighted by Gasteiger charge is -2.10. The molecule has 3 aromatic rings. The molecule has 0 fully saturated rings. The van der Waals surface area contributed by atoms with Crippen LogP contribution < -0.4 is 16.6 Å².